The average molecular weight is 258 g/mol. The van der Waals surface area contributed by atoms with E-state index in [1.165, 1.54) is 18.4 Å². The van der Waals surface area contributed by atoms with Crippen molar-refractivity contribution in [3.63, 3.8) is 0 Å². The molecule has 6 heteroatoms. The Kier molecular flexibility index (Phi) is 3.53. The van der Waals surface area contributed by atoms with E-state index in [2.05, 4.69) is 0 Å². The van der Waals surface area contributed by atoms with E-state index >= 15 is 0 Å². The molecule has 1 aliphatic carbocycles. The van der Waals surface area contributed by atoms with Gasteiger partial charge in [0, 0.05) is 17.8 Å². The van der Waals surface area contributed by atoms with Crippen molar-refractivity contribution in [2.75, 3.05) is 5.06 Å². The maximum Gasteiger partial charge on any atom is 0.273 e. The molecule has 0 spiro atoms. The van der Waals surface area contributed by atoms with E-state index in [1.807, 2.05) is 0 Å². The van der Waals surface area contributed by atoms with E-state index < -0.39 is 10.7 Å². The molecule has 96 valence electrons. The maximum absolute atomic E-state index is 11.6. The molecule has 0 atom stereocenters. The molecule has 0 bridgehead atoms. The van der Waals surface area contributed by atoms with Gasteiger partial charge in [-0.3, -0.25) is 20.1 Å². The van der Waals surface area contributed by atoms with Crippen molar-refractivity contribution in [2.45, 2.75) is 0 Å². The Labute approximate surface area is 108 Å². The van der Waals surface area contributed by atoms with Gasteiger partial charge in [-0.1, -0.05) is 18.2 Å². The molecular weight excluding hydrogens is 248 g/mol. The summed E-state index contributed by atoms with van der Waals surface area (Å²) < 4.78 is 0. The van der Waals surface area contributed by atoms with Crippen molar-refractivity contribution in [2.24, 2.45) is 0 Å². The quantitative estimate of drug-likeness (QED) is 0.509. The second-order valence-electron chi connectivity index (χ2n) is 3.79. The lowest BCUT2D eigenvalue weighted by Crippen LogP contribution is -2.14. The molecule has 0 aromatic heterocycles. The summed E-state index contributed by atoms with van der Waals surface area (Å²) in [5, 5.41) is 21.1. The molecule has 0 saturated heterocycles. The van der Waals surface area contributed by atoms with Crippen molar-refractivity contribution in [3.05, 3.63) is 76.1 Å². The minimum Gasteiger partial charge on any atom is -0.289 e. The van der Waals surface area contributed by atoms with Crippen molar-refractivity contribution in [1.29, 1.82) is 0 Å². The average Bonchev–Trinajstić information content (AvgIpc) is 2.41. The Morgan fingerprint density at radius 1 is 1.21 bits per heavy atom. The van der Waals surface area contributed by atoms with Gasteiger partial charge in [-0.05, 0) is 18.2 Å². The topological polar surface area (TPSA) is 83.7 Å². The molecule has 2 rings (SSSR count). The Morgan fingerprint density at radius 2 is 1.89 bits per heavy atom. The number of nitro groups is 1. The lowest BCUT2D eigenvalue weighted by atomic mass is 10.1. The highest BCUT2D eigenvalue weighted by Gasteiger charge is 2.18. The summed E-state index contributed by atoms with van der Waals surface area (Å²) in [6.45, 7) is 0. The van der Waals surface area contributed by atoms with Crippen molar-refractivity contribution in [3.8, 4) is 0 Å². The van der Waals surface area contributed by atoms with Gasteiger partial charge in [0.2, 0.25) is 0 Å². The summed E-state index contributed by atoms with van der Waals surface area (Å²) in [5.74, 6) is -0.524. The van der Waals surface area contributed by atoms with Gasteiger partial charge in [0.05, 0.1) is 16.7 Å². The van der Waals surface area contributed by atoms with Crippen LogP contribution in [-0.2, 0) is 4.79 Å². The number of hydrogen-bond donors (Lipinski definition) is 1. The van der Waals surface area contributed by atoms with Crippen LogP contribution in [0.5, 0.6) is 0 Å². The van der Waals surface area contributed by atoms with Gasteiger partial charge in [0.25, 0.3) is 5.70 Å². The van der Waals surface area contributed by atoms with Gasteiger partial charge in [-0.15, -0.1) is 0 Å². The van der Waals surface area contributed by atoms with Gasteiger partial charge in [-0.25, -0.2) is 5.06 Å². The van der Waals surface area contributed by atoms with Gasteiger partial charge in [0.1, 0.15) is 0 Å². The molecule has 0 radical (unpaired) electrons. The highest BCUT2D eigenvalue weighted by atomic mass is 16.6. The maximum atomic E-state index is 11.6. The fourth-order valence-corrected chi connectivity index (χ4v) is 1.53. The van der Waals surface area contributed by atoms with Crippen molar-refractivity contribution < 1.29 is 14.9 Å². The van der Waals surface area contributed by atoms with E-state index in [0.717, 1.165) is 11.1 Å². The summed E-state index contributed by atoms with van der Waals surface area (Å²) >= 11 is 0. The van der Waals surface area contributed by atoms with Crippen LogP contribution in [0.15, 0.2) is 66.0 Å². The number of ketones is 1. The zero-order valence-corrected chi connectivity index (χ0v) is 9.76. The number of carbonyl (C=O) groups is 1. The molecule has 0 fully saturated rings. The molecule has 0 heterocycles. The summed E-state index contributed by atoms with van der Waals surface area (Å²) in [4.78, 5) is 21.5. The molecule has 0 aliphatic heterocycles. The van der Waals surface area contributed by atoms with Crippen LogP contribution in [0, 0.1) is 10.1 Å². The first-order chi connectivity index (χ1) is 9.08. The van der Waals surface area contributed by atoms with E-state index in [1.54, 1.807) is 30.3 Å². The van der Waals surface area contributed by atoms with Crippen LogP contribution in [0.4, 0.5) is 5.69 Å². The molecule has 0 amide bonds. The van der Waals surface area contributed by atoms with Crippen LogP contribution < -0.4 is 5.06 Å². The molecule has 1 aromatic rings. The van der Waals surface area contributed by atoms with Crippen LogP contribution >= 0.6 is 0 Å². The highest BCUT2D eigenvalue weighted by molar-refractivity contribution is 6.07. The number of rotatable bonds is 3. The Morgan fingerprint density at radius 3 is 2.47 bits per heavy atom. The van der Waals surface area contributed by atoms with Crippen LogP contribution in [0.1, 0.15) is 0 Å². The standard InChI is InChI=1S/C13H10N2O4/c16-13-8-12(15(18)19)7-6-10(13)9-14(17)11-4-2-1-3-5-11/h1-9,17H/b10-9+. The van der Waals surface area contributed by atoms with E-state index in [9.17, 15) is 20.1 Å². The molecule has 6 nitrogen and oxygen atoms in total. The molecule has 19 heavy (non-hydrogen) atoms. The number of allylic oxidation sites excluding steroid dienone is 4. The van der Waals surface area contributed by atoms with E-state index in [0.29, 0.717) is 5.69 Å². The van der Waals surface area contributed by atoms with Gasteiger partial charge >= 0.3 is 0 Å². The third-order valence-electron chi connectivity index (χ3n) is 2.49. The third kappa shape index (κ3) is 2.93. The summed E-state index contributed by atoms with van der Waals surface area (Å²) in [6, 6.07) is 8.58. The highest BCUT2D eigenvalue weighted by Crippen LogP contribution is 2.17. The molecule has 0 saturated carbocycles. The number of hydroxylamine groups is 1. The van der Waals surface area contributed by atoms with E-state index in [-0.39, 0.29) is 11.3 Å². The first kappa shape index (κ1) is 12.7. The fraction of sp³-hybridized carbons (Fsp3) is 0. The second kappa shape index (κ2) is 5.28. The second-order valence-corrected chi connectivity index (χ2v) is 3.79. The predicted octanol–water partition coefficient (Wildman–Crippen LogP) is 2.07. The molecule has 1 aromatic carbocycles. The van der Waals surface area contributed by atoms with Crippen LogP contribution in [0.2, 0.25) is 0 Å². The Balaban J connectivity index is 2.21. The minimum absolute atomic E-state index is 0.164. The number of nitrogens with zero attached hydrogens (tertiary/aromatic N) is 2. The van der Waals surface area contributed by atoms with Gasteiger partial charge in [-0.2, -0.15) is 0 Å². The zero-order chi connectivity index (χ0) is 13.8. The first-order valence-corrected chi connectivity index (χ1v) is 5.41. The number of para-hydroxylation sites is 1. The first-order valence-electron chi connectivity index (χ1n) is 5.41. The molecular formula is C13H10N2O4. The molecule has 1 N–H and O–H groups in total. The van der Waals surface area contributed by atoms with Crippen LogP contribution in [0.3, 0.4) is 0 Å². The summed E-state index contributed by atoms with van der Waals surface area (Å²) in [7, 11) is 0. The van der Waals surface area contributed by atoms with Crippen LogP contribution in [-0.4, -0.2) is 15.9 Å². The zero-order valence-electron chi connectivity index (χ0n) is 9.76. The normalized spacial score (nSPS) is 16.4. The predicted molar refractivity (Wildman–Crippen MR) is 68.0 cm³/mol. The summed E-state index contributed by atoms with van der Waals surface area (Å²) in [5.41, 5.74) is 0.378. The lowest BCUT2D eigenvalue weighted by molar-refractivity contribution is -0.419. The smallest absolute Gasteiger partial charge is 0.273 e. The number of hydrogen-bond acceptors (Lipinski definition) is 5. The lowest BCUT2D eigenvalue weighted by Gasteiger charge is -2.13. The van der Waals surface area contributed by atoms with E-state index in [4.69, 9.17) is 0 Å². The SMILES string of the molecule is O=C1C=C([N+](=O)[O-])C=C/C1=C\N(O)c1ccccc1. The van der Waals surface area contributed by atoms with Gasteiger partial charge in [0.15, 0.2) is 5.78 Å². The Hall–Kier alpha value is -2.73. The fourth-order valence-electron chi connectivity index (χ4n) is 1.53. The largest absolute Gasteiger partial charge is 0.289 e. The minimum atomic E-state index is -0.640. The van der Waals surface area contributed by atoms with Crippen molar-refractivity contribution in [1.82, 2.24) is 0 Å². The number of anilines is 1. The van der Waals surface area contributed by atoms with Gasteiger partial charge < -0.3 is 0 Å². The third-order valence-corrected chi connectivity index (χ3v) is 2.49. The van der Waals surface area contributed by atoms with Crippen molar-refractivity contribution >= 4 is 11.5 Å². The molecule has 0 unspecified atom stereocenters. The van der Waals surface area contributed by atoms with Crippen LogP contribution in [0.25, 0.3) is 0 Å². The number of benzene rings is 1. The molecule has 1 aliphatic rings. The summed E-state index contributed by atoms with van der Waals surface area (Å²) in [6.07, 6.45) is 4.64. The monoisotopic (exact) mass is 258 g/mol. The Bertz CT molecular complexity index is 602. The number of carbonyl (C=O) groups excluding carboxylic acids is 1.